The normalized spacial score (nSPS) is 14.5. The lowest BCUT2D eigenvalue weighted by molar-refractivity contribution is 0.0989. The minimum Gasteiger partial charge on any atom is -0.475 e. The summed E-state index contributed by atoms with van der Waals surface area (Å²) in [5.74, 6) is 0.719. The lowest BCUT2D eigenvalue weighted by Gasteiger charge is -2.10. The molecule has 2 rings (SSSR count). The molecule has 1 aliphatic rings. The third-order valence-corrected chi connectivity index (χ3v) is 3.28. The quantitative estimate of drug-likeness (QED) is 0.668. The highest BCUT2D eigenvalue weighted by Crippen LogP contribution is 2.20. The molecule has 4 nitrogen and oxygen atoms in total. The zero-order chi connectivity index (χ0) is 14.2. The molecule has 0 saturated heterocycles. The molecule has 0 radical (unpaired) electrons. The van der Waals surface area contributed by atoms with Gasteiger partial charge in [-0.1, -0.05) is 13.8 Å². The van der Waals surface area contributed by atoms with Gasteiger partial charge in [0.1, 0.15) is 6.61 Å². The predicted molar refractivity (Wildman–Crippen MR) is 80.1 cm³/mol. The van der Waals surface area contributed by atoms with Crippen LogP contribution in [0.2, 0.25) is 0 Å². The number of aryl methyl sites for hydroxylation is 1. The molecule has 1 aromatic heterocycles. The van der Waals surface area contributed by atoms with Crippen LogP contribution in [0.15, 0.2) is 12.1 Å². The largest absolute Gasteiger partial charge is 0.475 e. The van der Waals surface area contributed by atoms with E-state index in [4.69, 9.17) is 9.47 Å². The molecule has 112 valence electrons. The standard InChI is InChI=1S/C16H26N2O2/c1-3-7-19-8-9-20-16-11-13(10-14(4-2)18-16)12-17-15-5-6-15/h10-11,15,17H,3-9,12H2,1-2H3. The smallest absolute Gasteiger partial charge is 0.213 e. The lowest BCUT2D eigenvalue weighted by Crippen LogP contribution is -2.16. The molecular weight excluding hydrogens is 252 g/mol. The minimum absolute atomic E-state index is 0.565. The van der Waals surface area contributed by atoms with Gasteiger partial charge in [-0.25, -0.2) is 4.98 Å². The summed E-state index contributed by atoms with van der Waals surface area (Å²) in [5, 5.41) is 3.53. The minimum atomic E-state index is 0.565. The summed E-state index contributed by atoms with van der Waals surface area (Å²) in [4.78, 5) is 4.51. The number of aromatic nitrogens is 1. The summed E-state index contributed by atoms with van der Waals surface area (Å²) >= 11 is 0. The van der Waals surface area contributed by atoms with Crippen molar-refractivity contribution in [1.82, 2.24) is 10.3 Å². The summed E-state index contributed by atoms with van der Waals surface area (Å²) in [6.45, 7) is 7.11. The Morgan fingerprint density at radius 1 is 1.20 bits per heavy atom. The Bertz CT molecular complexity index is 405. The number of ether oxygens (including phenoxy) is 2. The van der Waals surface area contributed by atoms with Crippen molar-refractivity contribution in [2.24, 2.45) is 0 Å². The van der Waals surface area contributed by atoms with Gasteiger partial charge in [0.2, 0.25) is 5.88 Å². The van der Waals surface area contributed by atoms with Crippen molar-refractivity contribution in [2.45, 2.75) is 52.1 Å². The first-order chi connectivity index (χ1) is 9.81. The molecular formula is C16H26N2O2. The monoisotopic (exact) mass is 278 g/mol. The van der Waals surface area contributed by atoms with E-state index in [1.165, 1.54) is 18.4 Å². The fraction of sp³-hybridized carbons (Fsp3) is 0.688. The van der Waals surface area contributed by atoms with E-state index in [0.717, 1.165) is 43.6 Å². The summed E-state index contributed by atoms with van der Waals surface area (Å²) in [7, 11) is 0. The van der Waals surface area contributed by atoms with Gasteiger partial charge in [-0.3, -0.25) is 0 Å². The summed E-state index contributed by atoms with van der Waals surface area (Å²) < 4.78 is 11.1. The van der Waals surface area contributed by atoms with E-state index in [0.29, 0.717) is 13.2 Å². The maximum absolute atomic E-state index is 5.69. The second kappa shape index (κ2) is 8.22. The van der Waals surface area contributed by atoms with Crippen LogP contribution >= 0.6 is 0 Å². The van der Waals surface area contributed by atoms with Gasteiger partial charge in [0, 0.05) is 31.0 Å². The van der Waals surface area contributed by atoms with E-state index < -0.39 is 0 Å². The van der Waals surface area contributed by atoms with Gasteiger partial charge in [-0.2, -0.15) is 0 Å². The number of rotatable bonds is 10. The fourth-order valence-electron chi connectivity index (χ4n) is 1.98. The topological polar surface area (TPSA) is 43.4 Å². The van der Waals surface area contributed by atoms with Crippen molar-refractivity contribution >= 4 is 0 Å². The van der Waals surface area contributed by atoms with Crippen molar-refractivity contribution in [3.8, 4) is 5.88 Å². The number of hydrogen-bond donors (Lipinski definition) is 1. The van der Waals surface area contributed by atoms with Gasteiger partial charge in [-0.05, 0) is 37.3 Å². The molecule has 1 fully saturated rings. The molecule has 20 heavy (non-hydrogen) atoms. The Morgan fingerprint density at radius 3 is 2.75 bits per heavy atom. The van der Waals surface area contributed by atoms with Crippen molar-refractivity contribution in [3.05, 3.63) is 23.4 Å². The molecule has 1 aliphatic carbocycles. The Morgan fingerprint density at radius 2 is 2.05 bits per heavy atom. The van der Waals surface area contributed by atoms with E-state index in [-0.39, 0.29) is 0 Å². The van der Waals surface area contributed by atoms with Gasteiger partial charge in [0.05, 0.1) is 6.61 Å². The van der Waals surface area contributed by atoms with E-state index in [2.05, 4.69) is 30.2 Å². The molecule has 1 N–H and O–H groups in total. The van der Waals surface area contributed by atoms with Gasteiger partial charge in [-0.15, -0.1) is 0 Å². The van der Waals surface area contributed by atoms with Crippen LogP contribution in [0, 0.1) is 0 Å². The number of nitrogens with zero attached hydrogens (tertiary/aromatic N) is 1. The maximum atomic E-state index is 5.69. The van der Waals surface area contributed by atoms with Crippen LogP contribution in [-0.4, -0.2) is 30.8 Å². The van der Waals surface area contributed by atoms with Crippen LogP contribution < -0.4 is 10.1 Å². The molecule has 0 atom stereocenters. The molecule has 1 heterocycles. The van der Waals surface area contributed by atoms with E-state index in [1.54, 1.807) is 0 Å². The highest BCUT2D eigenvalue weighted by atomic mass is 16.5. The Kier molecular flexibility index (Phi) is 6.27. The molecule has 0 aliphatic heterocycles. The maximum Gasteiger partial charge on any atom is 0.213 e. The molecule has 1 saturated carbocycles. The van der Waals surface area contributed by atoms with Crippen LogP contribution in [0.1, 0.15) is 44.4 Å². The molecule has 0 amide bonds. The number of nitrogens with one attached hydrogen (secondary N) is 1. The van der Waals surface area contributed by atoms with Crippen molar-refractivity contribution in [2.75, 3.05) is 19.8 Å². The van der Waals surface area contributed by atoms with Gasteiger partial charge in [0.25, 0.3) is 0 Å². The Balaban J connectivity index is 1.83. The van der Waals surface area contributed by atoms with Crippen LogP contribution in [-0.2, 0) is 17.7 Å². The average molecular weight is 278 g/mol. The first-order valence-electron chi connectivity index (χ1n) is 7.75. The van der Waals surface area contributed by atoms with Crippen LogP contribution in [0.4, 0.5) is 0 Å². The van der Waals surface area contributed by atoms with E-state index in [1.807, 2.05) is 6.07 Å². The summed E-state index contributed by atoms with van der Waals surface area (Å²) in [6, 6.07) is 4.92. The Hall–Kier alpha value is -1.13. The second-order valence-electron chi connectivity index (χ2n) is 5.27. The van der Waals surface area contributed by atoms with E-state index in [9.17, 15) is 0 Å². The Labute approximate surface area is 121 Å². The average Bonchev–Trinajstić information content (AvgIpc) is 3.29. The number of hydrogen-bond acceptors (Lipinski definition) is 4. The molecule has 0 unspecified atom stereocenters. The first-order valence-corrected chi connectivity index (χ1v) is 7.75. The predicted octanol–water partition coefficient (Wildman–Crippen LogP) is 2.70. The third-order valence-electron chi connectivity index (χ3n) is 3.28. The van der Waals surface area contributed by atoms with Crippen molar-refractivity contribution < 1.29 is 9.47 Å². The zero-order valence-electron chi connectivity index (χ0n) is 12.7. The highest BCUT2D eigenvalue weighted by molar-refractivity contribution is 5.25. The lowest BCUT2D eigenvalue weighted by atomic mass is 10.2. The highest BCUT2D eigenvalue weighted by Gasteiger charge is 2.20. The van der Waals surface area contributed by atoms with Crippen molar-refractivity contribution in [3.63, 3.8) is 0 Å². The van der Waals surface area contributed by atoms with Gasteiger partial charge in [0.15, 0.2) is 0 Å². The van der Waals surface area contributed by atoms with Gasteiger partial charge >= 0.3 is 0 Å². The van der Waals surface area contributed by atoms with Crippen LogP contribution in [0.3, 0.4) is 0 Å². The van der Waals surface area contributed by atoms with Crippen LogP contribution in [0.5, 0.6) is 5.88 Å². The molecule has 4 heteroatoms. The SMILES string of the molecule is CCCOCCOc1cc(CNC2CC2)cc(CC)n1. The van der Waals surface area contributed by atoms with Crippen molar-refractivity contribution in [1.29, 1.82) is 0 Å². The summed E-state index contributed by atoms with van der Waals surface area (Å²) in [6.07, 6.45) is 4.59. The number of pyridine rings is 1. The van der Waals surface area contributed by atoms with Gasteiger partial charge < -0.3 is 14.8 Å². The molecule has 0 aromatic carbocycles. The fourth-order valence-corrected chi connectivity index (χ4v) is 1.98. The first kappa shape index (κ1) is 15.3. The van der Waals surface area contributed by atoms with E-state index >= 15 is 0 Å². The summed E-state index contributed by atoms with van der Waals surface area (Å²) in [5.41, 5.74) is 2.35. The molecule has 1 aromatic rings. The second-order valence-corrected chi connectivity index (χ2v) is 5.27. The zero-order valence-corrected chi connectivity index (χ0v) is 12.7. The third kappa shape index (κ3) is 5.47. The molecule has 0 spiro atoms. The van der Waals surface area contributed by atoms with Crippen LogP contribution in [0.25, 0.3) is 0 Å². The molecule has 0 bridgehead atoms.